The van der Waals surface area contributed by atoms with E-state index in [1.165, 1.54) is 0 Å². The topological polar surface area (TPSA) is 107 Å². The number of benzene rings is 1. The van der Waals surface area contributed by atoms with E-state index in [0.29, 0.717) is 24.4 Å². The maximum Gasteiger partial charge on any atom is 0.209 e. The van der Waals surface area contributed by atoms with E-state index < -0.39 is 10.0 Å². The van der Waals surface area contributed by atoms with Crippen molar-refractivity contribution in [1.82, 2.24) is 0 Å². The van der Waals surface area contributed by atoms with Crippen molar-refractivity contribution in [3.8, 4) is 5.75 Å². The summed E-state index contributed by atoms with van der Waals surface area (Å²) < 4.78 is 27.1. The lowest BCUT2D eigenvalue weighted by molar-refractivity contribution is 0.242. The lowest BCUT2D eigenvalue weighted by Gasteiger charge is -2.13. The van der Waals surface area contributed by atoms with Gasteiger partial charge in [-0.05, 0) is 26.3 Å². The van der Waals surface area contributed by atoms with E-state index in [2.05, 4.69) is 5.32 Å². The molecule has 7 heteroatoms. The van der Waals surface area contributed by atoms with Crippen LogP contribution in [0, 0.1) is 0 Å². The van der Waals surface area contributed by atoms with E-state index in [-0.39, 0.29) is 11.9 Å². The molecule has 0 bridgehead atoms. The van der Waals surface area contributed by atoms with Gasteiger partial charge in [-0.1, -0.05) is 0 Å². The average Bonchev–Trinajstić information content (AvgIpc) is 2.21. The third kappa shape index (κ3) is 6.88. The Balaban J connectivity index is 2.56. The molecular weight excluding hydrogens is 266 g/mol. The predicted molar refractivity (Wildman–Crippen MR) is 77.7 cm³/mol. The second-order valence-electron chi connectivity index (χ2n) is 4.60. The summed E-state index contributed by atoms with van der Waals surface area (Å²) in [6.07, 6.45) is 0.505. The largest absolute Gasteiger partial charge is 0.491 e. The van der Waals surface area contributed by atoms with Crippen LogP contribution >= 0.6 is 0 Å². The zero-order chi connectivity index (χ0) is 14.5. The Labute approximate surface area is 114 Å². The van der Waals surface area contributed by atoms with Gasteiger partial charge in [-0.3, -0.25) is 0 Å². The second-order valence-corrected chi connectivity index (χ2v) is 6.34. The smallest absolute Gasteiger partial charge is 0.209 e. The summed E-state index contributed by atoms with van der Waals surface area (Å²) in [6.45, 7) is 4.37. The summed E-state index contributed by atoms with van der Waals surface area (Å²) in [5.74, 6) is 0.640. The lowest BCUT2D eigenvalue weighted by atomic mass is 10.2. The van der Waals surface area contributed by atoms with Crippen LogP contribution in [0.3, 0.4) is 0 Å². The van der Waals surface area contributed by atoms with Gasteiger partial charge >= 0.3 is 0 Å². The predicted octanol–water partition coefficient (Wildman–Crippen LogP) is 1.15. The molecule has 0 heterocycles. The first-order valence-corrected chi connectivity index (χ1v) is 7.79. The Morgan fingerprint density at radius 1 is 1.32 bits per heavy atom. The number of nitrogens with two attached hydrogens (primary N) is 2. The zero-order valence-electron chi connectivity index (χ0n) is 11.2. The number of sulfonamides is 1. The Hall–Kier alpha value is -1.47. The molecule has 0 fully saturated rings. The minimum atomic E-state index is -3.40. The van der Waals surface area contributed by atoms with Crippen LogP contribution in [0.15, 0.2) is 18.2 Å². The quantitative estimate of drug-likeness (QED) is 0.515. The van der Waals surface area contributed by atoms with Gasteiger partial charge in [0.25, 0.3) is 0 Å². The Bertz CT molecular complexity index is 515. The molecular formula is C12H21N3O3S. The molecule has 1 aromatic carbocycles. The lowest BCUT2D eigenvalue weighted by Crippen LogP contribution is -2.18. The monoisotopic (exact) mass is 287 g/mol. The molecule has 0 amide bonds. The van der Waals surface area contributed by atoms with Crippen LogP contribution in [0.5, 0.6) is 5.75 Å². The van der Waals surface area contributed by atoms with Crippen molar-refractivity contribution >= 4 is 21.4 Å². The van der Waals surface area contributed by atoms with Crippen LogP contribution in [0.25, 0.3) is 0 Å². The standard InChI is InChI=1S/C12H21N3O3S/c1-9(2)18-12-7-10(13)6-11(8-12)15-4-3-5-19(14,16)17/h6-9,15H,3-5,13H2,1-2H3,(H2,14,16,17). The maximum absolute atomic E-state index is 10.8. The van der Waals surface area contributed by atoms with Gasteiger partial charge in [-0.25, -0.2) is 13.6 Å². The van der Waals surface area contributed by atoms with E-state index in [9.17, 15) is 8.42 Å². The molecule has 0 spiro atoms. The van der Waals surface area contributed by atoms with Gasteiger partial charge in [0.2, 0.25) is 10.0 Å². The number of rotatable bonds is 7. The maximum atomic E-state index is 10.8. The highest BCUT2D eigenvalue weighted by Crippen LogP contribution is 2.23. The molecule has 0 saturated heterocycles. The van der Waals surface area contributed by atoms with Gasteiger partial charge < -0.3 is 15.8 Å². The fourth-order valence-electron chi connectivity index (χ4n) is 1.57. The first-order valence-electron chi connectivity index (χ1n) is 6.08. The van der Waals surface area contributed by atoms with Crippen LogP contribution in [0.4, 0.5) is 11.4 Å². The van der Waals surface area contributed by atoms with Crippen LogP contribution in [-0.2, 0) is 10.0 Å². The number of hydrogen-bond donors (Lipinski definition) is 3. The molecule has 6 nitrogen and oxygen atoms in total. The molecule has 0 aliphatic carbocycles. The van der Waals surface area contributed by atoms with Gasteiger partial charge in [0, 0.05) is 30.1 Å². The van der Waals surface area contributed by atoms with Crippen molar-refractivity contribution in [3.63, 3.8) is 0 Å². The van der Waals surface area contributed by atoms with Crippen molar-refractivity contribution in [2.45, 2.75) is 26.4 Å². The van der Waals surface area contributed by atoms with Gasteiger partial charge in [-0.2, -0.15) is 0 Å². The average molecular weight is 287 g/mol. The summed E-state index contributed by atoms with van der Waals surface area (Å²) in [7, 11) is -3.40. The molecule has 0 radical (unpaired) electrons. The third-order valence-electron chi connectivity index (χ3n) is 2.24. The first kappa shape index (κ1) is 15.6. The molecule has 0 aliphatic heterocycles. The molecule has 0 aromatic heterocycles. The molecule has 108 valence electrons. The highest BCUT2D eigenvalue weighted by atomic mass is 32.2. The number of nitrogen functional groups attached to an aromatic ring is 1. The summed E-state index contributed by atoms with van der Waals surface area (Å²) in [6, 6.07) is 5.34. The Kier molecular flexibility index (Phi) is 5.44. The number of ether oxygens (including phenoxy) is 1. The normalized spacial score (nSPS) is 11.6. The van der Waals surface area contributed by atoms with Crippen molar-refractivity contribution in [2.24, 2.45) is 5.14 Å². The molecule has 0 atom stereocenters. The van der Waals surface area contributed by atoms with Crippen LogP contribution < -0.4 is 20.9 Å². The van der Waals surface area contributed by atoms with Gasteiger partial charge in [0.15, 0.2) is 0 Å². The molecule has 0 saturated carbocycles. The van der Waals surface area contributed by atoms with E-state index in [4.69, 9.17) is 15.6 Å². The minimum absolute atomic E-state index is 0.0440. The summed E-state index contributed by atoms with van der Waals surface area (Å²) >= 11 is 0. The Morgan fingerprint density at radius 3 is 2.58 bits per heavy atom. The molecule has 5 N–H and O–H groups in total. The van der Waals surface area contributed by atoms with Crippen molar-refractivity contribution in [1.29, 1.82) is 0 Å². The third-order valence-corrected chi connectivity index (χ3v) is 3.09. The molecule has 1 rings (SSSR count). The fraction of sp³-hybridized carbons (Fsp3) is 0.500. The minimum Gasteiger partial charge on any atom is -0.491 e. The molecule has 19 heavy (non-hydrogen) atoms. The molecule has 0 unspecified atom stereocenters. The second kappa shape index (κ2) is 6.63. The van der Waals surface area contributed by atoms with Gasteiger partial charge in [0.1, 0.15) is 5.75 Å². The van der Waals surface area contributed by atoms with Crippen LogP contribution in [0.1, 0.15) is 20.3 Å². The summed E-state index contributed by atoms with van der Waals surface area (Å²) in [4.78, 5) is 0. The summed E-state index contributed by atoms with van der Waals surface area (Å²) in [5.41, 5.74) is 7.16. The van der Waals surface area contributed by atoms with Gasteiger partial charge in [0.05, 0.1) is 11.9 Å². The molecule has 0 aliphatic rings. The van der Waals surface area contributed by atoms with Crippen molar-refractivity contribution in [2.75, 3.05) is 23.3 Å². The number of nitrogens with one attached hydrogen (secondary N) is 1. The Morgan fingerprint density at radius 2 is 2.00 bits per heavy atom. The molecule has 1 aromatic rings. The zero-order valence-corrected chi connectivity index (χ0v) is 12.0. The van der Waals surface area contributed by atoms with Crippen LogP contribution in [-0.4, -0.2) is 26.8 Å². The van der Waals surface area contributed by atoms with Crippen LogP contribution in [0.2, 0.25) is 0 Å². The highest BCUT2D eigenvalue weighted by molar-refractivity contribution is 7.89. The van der Waals surface area contributed by atoms with Crippen molar-refractivity contribution < 1.29 is 13.2 Å². The summed E-state index contributed by atoms with van der Waals surface area (Å²) in [5, 5.41) is 8.01. The van der Waals surface area contributed by atoms with E-state index >= 15 is 0 Å². The number of hydrogen-bond acceptors (Lipinski definition) is 5. The van der Waals surface area contributed by atoms with Crippen molar-refractivity contribution in [3.05, 3.63) is 18.2 Å². The first-order chi connectivity index (χ1) is 8.76. The number of anilines is 2. The SMILES string of the molecule is CC(C)Oc1cc(N)cc(NCCCS(N)(=O)=O)c1. The highest BCUT2D eigenvalue weighted by Gasteiger charge is 2.04. The number of primary sulfonamides is 1. The van der Waals surface area contributed by atoms with Gasteiger partial charge in [-0.15, -0.1) is 0 Å². The van der Waals surface area contributed by atoms with E-state index in [1.54, 1.807) is 12.1 Å². The fourth-order valence-corrected chi connectivity index (χ4v) is 2.12. The van der Waals surface area contributed by atoms with E-state index in [1.807, 2.05) is 19.9 Å². The van der Waals surface area contributed by atoms with E-state index in [0.717, 1.165) is 5.69 Å².